The molecule has 0 fully saturated rings. The van der Waals surface area contributed by atoms with Crippen LogP contribution in [0.3, 0.4) is 0 Å². The molecule has 15 heteroatoms. The molecule has 1 N–H and O–H groups in total. The minimum atomic E-state index is -0.809. The van der Waals surface area contributed by atoms with E-state index in [1.807, 2.05) is 36.5 Å². The number of aryl methyl sites for hydroxylation is 1. The molecule has 43 heavy (non-hydrogen) atoms. The first-order chi connectivity index (χ1) is 19.0. The van der Waals surface area contributed by atoms with Crippen molar-refractivity contribution in [1.82, 2.24) is 5.32 Å². The molecule has 0 unspecified atom stereocenters. The van der Waals surface area contributed by atoms with Gasteiger partial charge in [0.25, 0.3) is 6.47 Å². The second kappa shape index (κ2) is 27.8. The van der Waals surface area contributed by atoms with Gasteiger partial charge in [-0.3, -0.25) is 4.79 Å². The first-order valence-corrected chi connectivity index (χ1v) is 13.7. The van der Waals surface area contributed by atoms with E-state index in [0.29, 0.717) is 21.2 Å². The molecule has 0 aliphatic rings. The van der Waals surface area contributed by atoms with Crippen LogP contribution in [0.5, 0.6) is 0 Å². The minimum absolute atomic E-state index is 0. The van der Waals surface area contributed by atoms with Crippen molar-refractivity contribution in [2.75, 3.05) is 0 Å². The van der Waals surface area contributed by atoms with Gasteiger partial charge in [0.15, 0.2) is 0 Å². The summed E-state index contributed by atoms with van der Waals surface area (Å²) < 4.78 is 9.74. The number of rotatable bonds is 3. The van der Waals surface area contributed by atoms with Gasteiger partial charge < -0.3 is 21.0 Å². The van der Waals surface area contributed by atoms with E-state index < -0.39 is 23.4 Å². The van der Waals surface area contributed by atoms with E-state index in [1.165, 1.54) is 0 Å². The van der Waals surface area contributed by atoms with E-state index in [1.54, 1.807) is 65.8 Å². The zero-order valence-electron chi connectivity index (χ0n) is 26.8. The van der Waals surface area contributed by atoms with Gasteiger partial charge >= 0.3 is 150 Å². The summed E-state index contributed by atoms with van der Waals surface area (Å²) in [4.78, 5) is 33.5. The van der Waals surface area contributed by atoms with Gasteiger partial charge in [-0.2, -0.15) is 10.5 Å². The number of nitrogens with one attached hydrogen (secondary N) is 1. The van der Waals surface area contributed by atoms with Crippen molar-refractivity contribution in [2.45, 2.75) is 71.4 Å². The average Bonchev–Trinajstić information content (AvgIpc) is 2.87. The second-order valence-electron chi connectivity index (χ2n) is 9.64. The first-order valence-electron chi connectivity index (χ1n) is 11.8. The van der Waals surface area contributed by atoms with Gasteiger partial charge in [0.1, 0.15) is 11.2 Å². The van der Waals surface area contributed by atoms with Crippen molar-refractivity contribution >= 4 is 57.8 Å². The number of alkyl carbamates (subject to hydrolysis) is 2. The van der Waals surface area contributed by atoms with E-state index in [4.69, 9.17) is 53.3 Å². The van der Waals surface area contributed by atoms with Crippen LogP contribution in [0.1, 0.15) is 72.1 Å². The van der Waals surface area contributed by atoms with Gasteiger partial charge in [-0.05, 0) is 83.4 Å². The third kappa shape index (κ3) is 28.7. The van der Waals surface area contributed by atoms with Crippen molar-refractivity contribution in [2.24, 2.45) is 0 Å². The predicted octanol–water partition coefficient (Wildman–Crippen LogP) is 0.882. The molecule has 226 valence electrons. The van der Waals surface area contributed by atoms with Crippen molar-refractivity contribution in [3.8, 4) is 12.1 Å². The number of ether oxygens (including phenoxy) is 2. The van der Waals surface area contributed by atoms with Crippen molar-refractivity contribution in [3.05, 3.63) is 68.7 Å². The zero-order chi connectivity index (χ0) is 32.2. The summed E-state index contributed by atoms with van der Waals surface area (Å²) in [6, 6.07) is 14.7. The first kappa shape index (κ1) is 50.6. The van der Waals surface area contributed by atoms with Crippen LogP contribution >= 0.6 is 39.1 Å². The molecule has 2 aromatic carbocycles. The molecule has 0 heterocycles. The number of halogens is 3. The van der Waals surface area contributed by atoms with E-state index in [-0.39, 0.29) is 146 Å². The molecule has 0 bridgehead atoms. The fourth-order valence-electron chi connectivity index (χ4n) is 2.32. The molecule has 0 aliphatic carbocycles. The van der Waals surface area contributed by atoms with Gasteiger partial charge in [-0.15, -0.1) is 0 Å². The molecule has 0 aliphatic heterocycles. The smallest absolute Gasteiger partial charge is 1.00 e. The second-order valence-corrected chi connectivity index (χ2v) is 11.0. The van der Waals surface area contributed by atoms with E-state index in [0.717, 1.165) is 22.9 Å². The Balaban J connectivity index is -0.000000159. The van der Waals surface area contributed by atoms with Crippen LogP contribution in [0.2, 0.25) is 10.0 Å². The van der Waals surface area contributed by atoms with Crippen molar-refractivity contribution in [3.63, 3.8) is 0 Å². The Morgan fingerprint density at radius 2 is 1.26 bits per heavy atom. The van der Waals surface area contributed by atoms with Crippen molar-refractivity contribution < 1.29 is 173 Å². The van der Waals surface area contributed by atoms with E-state index >= 15 is 0 Å². The number of alkyl halides is 1. The van der Waals surface area contributed by atoms with Crippen LogP contribution in [0.25, 0.3) is 0 Å². The Kier molecular flexibility index (Phi) is 32.8. The number of amides is 2. The van der Waals surface area contributed by atoms with Gasteiger partial charge in [-0.25, -0.2) is 14.9 Å². The predicted molar refractivity (Wildman–Crippen MR) is 158 cm³/mol. The molecular formula is C28H34BrCl2Cs2N3O7. The summed E-state index contributed by atoms with van der Waals surface area (Å²) in [6.07, 6.45) is -0.710. The third-order valence-corrected chi connectivity index (χ3v) is 5.24. The maximum absolute atomic E-state index is 11.1. The summed E-state index contributed by atoms with van der Waals surface area (Å²) in [5.74, 6) is 0. The average molecular weight is 941 g/mol. The SMILES string of the molecule is CC(C)(C)OC(=O)NC(=O)OC(C)(C)C.CCc1ccc(C#N)cc1Cl.N#Cc1ccc(CBr)c(Cl)c1.O=CO[O-].[Cs+].[Cs+].[H-]. The van der Waals surface area contributed by atoms with Crippen LogP contribution in [0.4, 0.5) is 9.59 Å². The van der Waals surface area contributed by atoms with Crippen LogP contribution in [0, 0.1) is 22.7 Å². The van der Waals surface area contributed by atoms with Crippen LogP contribution < -0.4 is 148 Å². The molecule has 0 saturated heterocycles. The number of hydrogen-bond donors (Lipinski definition) is 1. The summed E-state index contributed by atoms with van der Waals surface area (Å²) >= 11 is 15.0. The molecular weight excluding hydrogens is 907 g/mol. The normalized spacial score (nSPS) is 9.33. The number of nitriles is 2. The van der Waals surface area contributed by atoms with Crippen LogP contribution in [-0.2, 0) is 30.9 Å². The number of benzene rings is 2. The fourth-order valence-corrected chi connectivity index (χ4v) is 3.53. The standard InChI is InChI=1S/C10H19NO4.C9H8ClN.C8H5BrClN.CH2O3.2Cs.H/c1-9(2,3)14-7(12)11-8(13)15-10(4,5)6;1-2-8-4-3-7(6-11)5-9(8)10;9-4-7-2-1-6(5-11)3-8(7)10;2-1-4-3;;;/h1-6H3,(H,11,12,13);3-5H,2H2,1H3;1-3H,4H2;1,3H;;;/q;;;;2*+1;-1/p-1. The quantitative estimate of drug-likeness (QED) is 0.204. The number of hydrogen-bond acceptors (Lipinski definition) is 9. The molecule has 0 spiro atoms. The summed E-state index contributed by atoms with van der Waals surface area (Å²) in [5.41, 5.74) is 2.04. The molecule has 2 aromatic rings. The fraction of sp³-hybridized carbons (Fsp3) is 0.393. The number of imide groups is 1. The molecule has 0 aromatic heterocycles. The van der Waals surface area contributed by atoms with Gasteiger partial charge in [-0.1, -0.05) is 58.2 Å². The molecule has 0 atom stereocenters. The Morgan fingerprint density at radius 1 is 0.907 bits per heavy atom. The molecule has 10 nitrogen and oxygen atoms in total. The van der Waals surface area contributed by atoms with Gasteiger partial charge in [0, 0.05) is 15.4 Å². The largest absolute Gasteiger partial charge is 1.00 e. The summed E-state index contributed by atoms with van der Waals surface area (Å²) in [5, 5.41) is 29.5. The van der Waals surface area contributed by atoms with Gasteiger partial charge in [0.05, 0.1) is 23.3 Å². The molecule has 2 rings (SSSR count). The van der Waals surface area contributed by atoms with Gasteiger partial charge in [0.2, 0.25) is 0 Å². The Hall–Kier alpha value is 0.754. The molecule has 0 radical (unpaired) electrons. The topological polar surface area (TPSA) is 162 Å². The summed E-state index contributed by atoms with van der Waals surface area (Å²) in [7, 11) is 0. The van der Waals surface area contributed by atoms with Crippen molar-refractivity contribution in [1.29, 1.82) is 10.5 Å². The summed E-state index contributed by atoms with van der Waals surface area (Å²) in [6.45, 7) is 12.1. The Morgan fingerprint density at radius 3 is 1.49 bits per heavy atom. The minimum Gasteiger partial charge on any atom is -1.00 e. The van der Waals surface area contributed by atoms with E-state index in [2.05, 4.69) is 20.8 Å². The van der Waals surface area contributed by atoms with E-state index in [9.17, 15) is 9.59 Å². The van der Waals surface area contributed by atoms with Crippen LogP contribution in [-0.4, -0.2) is 29.9 Å². The number of nitrogens with zero attached hydrogens (tertiary/aromatic N) is 2. The monoisotopic (exact) mass is 939 g/mol. The molecule has 0 saturated carbocycles. The van der Waals surface area contributed by atoms with Crippen LogP contribution in [0.15, 0.2) is 36.4 Å². The third-order valence-electron chi connectivity index (χ3n) is 3.93. The number of carbonyl (C=O) groups is 3. The Bertz CT molecular complexity index is 1140. The zero-order valence-corrected chi connectivity index (χ0v) is 41.5. The number of carbonyl (C=O) groups excluding carboxylic acids is 3. The maximum atomic E-state index is 11.1. The Labute approximate surface area is 391 Å². The maximum Gasteiger partial charge on any atom is 1.00 e. The molecule has 2 amide bonds.